The summed E-state index contributed by atoms with van der Waals surface area (Å²) >= 11 is 3.24. The molecular formula is C8H10BrFN2. The van der Waals surface area contributed by atoms with Crippen molar-refractivity contribution in [1.29, 1.82) is 0 Å². The van der Waals surface area contributed by atoms with Crippen LogP contribution in [0.3, 0.4) is 0 Å². The van der Waals surface area contributed by atoms with Gasteiger partial charge >= 0.3 is 0 Å². The lowest BCUT2D eigenvalue weighted by molar-refractivity contribution is 0.515. The Morgan fingerprint density at radius 1 is 1.33 bits per heavy atom. The van der Waals surface area contributed by atoms with E-state index in [0.717, 1.165) is 5.69 Å². The molecule has 0 amide bonds. The molecule has 1 aromatic rings. The molecule has 0 aliphatic carbocycles. The number of rotatable bonds is 0. The van der Waals surface area contributed by atoms with Crippen molar-refractivity contribution in [1.82, 2.24) is 10.2 Å². The number of halogens is 2. The molecular weight excluding hydrogens is 223 g/mol. The molecule has 0 bridgehead atoms. The first-order chi connectivity index (χ1) is 5.41. The van der Waals surface area contributed by atoms with Crippen LogP contribution in [-0.2, 0) is 5.41 Å². The highest BCUT2D eigenvalue weighted by atomic mass is 79.9. The summed E-state index contributed by atoms with van der Waals surface area (Å²) in [7, 11) is 0. The summed E-state index contributed by atoms with van der Waals surface area (Å²) in [5.74, 6) is -0.560. The van der Waals surface area contributed by atoms with Crippen molar-refractivity contribution in [2.45, 2.75) is 26.2 Å². The smallest absolute Gasteiger partial charge is 0.183 e. The SMILES string of the molecule is CC(C)(C)c1nnc(F)cc1Br. The third kappa shape index (κ3) is 2.00. The first-order valence-corrected chi connectivity index (χ1v) is 4.40. The molecule has 4 heteroatoms. The van der Waals surface area contributed by atoms with E-state index in [1.165, 1.54) is 6.07 Å². The molecule has 12 heavy (non-hydrogen) atoms. The van der Waals surface area contributed by atoms with E-state index >= 15 is 0 Å². The highest BCUT2D eigenvalue weighted by Crippen LogP contribution is 2.26. The van der Waals surface area contributed by atoms with E-state index < -0.39 is 5.95 Å². The molecule has 66 valence electrons. The monoisotopic (exact) mass is 232 g/mol. The first kappa shape index (κ1) is 9.58. The van der Waals surface area contributed by atoms with E-state index in [1.807, 2.05) is 20.8 Å². The van der Waals surface area contributed by atoms with Gasteiger partial charge in [0.15, 0.2) is 0 Å². The molecule has 0 N–H and O–H groups in total. The molecule has 1 rings (SSSR count). The lowest BCUT2D eigenvalue weighted by Gasteiger charge is -2.17. The summed E-state index contributed by atoms with van der Waals surface area (Å²) in [6, 6.07) is 1.33. The van der Waals surface area contributed by atoms with Crippen LogP contribution in [0.5, 0.6) is 0 Å². The second-order valence-corrected chi connectivity index (χ2v) is 4.47. The third-order valence-corrected chi connectivity index (χ3v) is 2.03. The van der Waals surface area contributed by atoms with Crippen LogP contribution in [0.2, 0.25) is 0 Å². The van der Waals surface area contributed by atoms with Gasteiger partial charge in [-0.15, -0.1) is 5.10 Å². The Labute approximate surface area is 79.3 Å². The van der Waals surface area contributed by atoms with Crippen LogP contribution in [0, 0.1) is 5.95 Å². The van der Waals surface area contributed by atoms with Crippen molar-refractivity contribution in [3.8, 4) is 0 Å². The van der Waals surface area contributed by atoms with Gasteiger partial charge in [0.05, 0.1) is 5.69 Å². The van der Waals surface area contributed by atoms with Crippen molar-refractivity contribution in [3.05, 3.63) is 22.2 Å². The lowest BCUT2D eigenvalue weighted by atomic mass is 9.92. The molecule has 0 saturated heterocycles. The molecule has 1 aromatic heterocycles. The molecule has 0 unspecified atom stereocenters. The Kier molecular flexibility index (Phi) is 2.46. The van der Waals surface area contributed by atoms with Gasteiger partial charge in [0.1, 0.15) is 0 Å². The van der Waals surface area contributed by atoms with Crippen molar-refractivity contribution >= 4 is 15.9 Å². The summed E-state index contributed by atoms with van der Waals surface area (Å²) in [5, 5.41) is 7.14. The van der Waals surface area contributed by atoms with Gasteiger partial charge in [-0.3, -0.25) is 0 Å². The molecule has 0 spiro atoms. The van der Waals surface area contributed by atoms with E-state index in [9.17, 15) is 4.39 Å². The minimum Gasteiger partial charge on any atom is -0.183 e. The van der Waals surface area contributed by atoms with Crippen molar-refractivity contribution in [2.24, 2.45) is 0 Å². The molecule has 0 radical (unpaired) electrons. The van der Waals surface area contributed by atoms with Crippen LogP contribution in [0.1, 0.15) is 26.5 Å². The molecule has 0 fully saturated rings. The second-order valence-electron chi connectivity index (χ2n) is 3.61. The normalized spacial score (nSPS) is 11.8. The molecule has 2 nitrogen and oxygen atoms in total. The molecule has 1 heterocycles. The molecule has 0 aliphatic rings. The van der Waals surface area contributed by atoms with Crippen molar-refractivity contribution < 1.29 is 4.39 Å². The molecule has 0 atom stereocenters. The zero-order valence-electron chi connectivity index (χ0n) is 7.23. The van der Waals surface area contributed by atoms with Gasteiger partial charge in [-0.05, 0) is 15.9 Å². The molecule has 0 aliphatic heterocycles. The van der Waals surface area contributed by atoms with Crippen molar-refractivity contribution in [2.75, 3.05) is 0 Å². The van der Waals surface area contributed by atoms with Gasteiger partial charge in [-0.25, -0.2) is 0 Å². The van der Waals surface area contributed by atoms with Crippen LogP contribution in [0.15, 0.2) is 10.5 Å². The van der Waals surface area contributed by atoms with Crippen LogP contribution in [-0.4, -0.2) is 10.2 Å². The third-order valence-electron chi connectivity index (χ3n) is 1.43. The summed E-state index contributed by atoms with van der Waals surface area (Å²) < 4.78 is 13.2. The fourth-order valence-electron chi connectivity index (χ4n) is 0.856. The summed E-state index contributed by atoms with van der Waals surface area (Å²) in [5.41, 5.74) is 0.656. The standard InChI is InChI=1S/C8H10BrFN2/c1-8(2,3)7-5(9)4-6(10)11-12-7/h4H,1-3H3. The topological polar surface area (TPSA) is 25.8 Å². The van der Waals surface area contributed by atoms with E-state index in [0.29, 0.717) is 4.47 Å². The zero-order chi connectivity index (χ0) is 9.35. The Bertz CT molecular complexity index is 294. The Morgan fingerprint density at radius 3 is 2.33 bits per heavy atom. The Balaban J connectivity index is 3.19. The summed E-state index contributed by atoms with van der Waals surface area (Å²) in [6.07, 6.45) is 0. The highest BCUT2D eigenvalue weighted by Gasteiger charge is 2.19. The van der Waals surface area contributed by atoms with Crippen LogP contribution < -0.4 is 0 Å². The van der Waals surface area contributed by atoms with Crippen LogP contribution >= 0.6 is 15.9 Å². The van der Waals surface area contributed by atoms with Gasteiger partial charge in [0, 0.05) is 16.0 Å². The number of aromatic nitrogens is 2. The maximum atomic E-state index is 12.5. The van der Waals surface area contributed by atoms with Gasteiger partial charge in [-0.2, -0.15) is 9.49 Å². The maximum absolute atomic E-state index is 12.5. The van der Waals surface area contributed by atoms with Crippen LogP contribution in [0.25, 0.3) is 0 Å². The first-order valence-electron chi connectivity index (χ1n) is 3.60. The molecule has 0 saturated carbocycles. The van der Waals surface area contributed by atoms with Gasteiger partial charge in [0.25, 0.3) is 0 Å². The van der Waals surface area contributed by atoms with Gasteiger partial charge in [0.2, 0.25) is 5.95 Å². The highest BCUT2D eigenvalue weighted by molar-refractivity contribution is 9.10. The van der Waals surface area contributed by atoms with E-state index in [-0.39, 0.29) is 5.41 Å². The second kappa shape index (κ2) is 3.09. The average Bonchev–Trinajstić information content (AvgIpc) is 1.83. The number of hydrogen-bond donors (Lipinski definition) is 0. The predicted octanol–water partition coefficient (Wildman–Crippen LogP) is 2.68. The Hall–Kier alpha value is -0.510. The van der Waals surface area contributed by atoms with Crippen molar-refractivity contribution in [3.63, 3.8) is 0 Å². The molecule has 0 aromatic carbocycles. The summed E-state index contributed by atoms with van der Waals surface area (Å²) in [6.45, 7) is 6.00. The number of hydrogen-bond acceptors (Lipinski definition) is 2. The lowest BCUT2D eigenvalue weighted by Crippen LogP contribution is -2.15. The fourth-order valence-corrected chi connectivity index (χ4v) is 1.72. The largest absolute Gasteiger partial charge is 0.234 e. The fraction of sp³-hybridized carbons (Fsp3) is 0.500. The maximum Gasteiger partial charge on any atom is 0.234 e. The van der Waals surface area contributed by atoms with Crippen LogP contribution in [0.4, 0.5) is 4.39 Å². The minimum atomic E-state index is -0.560. The number of nitrogens with zero attached hydrogens (tertiary/aromatic N) is 2. The van der Waals surface area contributed by atoms with E-state index in [1.54, 1.807) is 0 Å². The van der Waals surface area contributed by atoms with E-state index in [4.69, 9.17) is 0 Å². The van der Waals surface area contributed by atoms with Gasteiger partial charge in [-0.1, -0.05) is 20.8 Å². The quantitative estimate of drug-likeness (QED) is 0.688. The zero-order valence-corrected chi connectivity index (χ0v) is 8.81. The van der Waals surface area contributed by atoms with E-state index in [2.05, 4.69) is 26.1 Å². The van der Waals surface area contributed by atoms with Gasteiger partial charge < -0.3 is 0 Å². The average molecular weight is 233 g/mol. The Morgan fingerprint density at radius 2 is 1.92 bits per heavy atom. The predicted molar refractivity (Wildman–Crippen MR) is 48.4 cm³/mol. The summed E-state index contributed by atoms with van der Waals surface area (Å²) in [4.78, 5) is 0. The minimum absolute atomic E-state index is 0.112.